The summed E-state index contributed by atoms with van der Waals surface area (Å²) >= 11 is 0. The van der Waals surface area contributed by atoms with Crippen LogP contribution in [0.4, 0.5) is 0 Å². The van der Waals surface area contributed by atoms with Crippen molar-refractivity contribution in [3.8, 4) is 0 Å². The lowest BCUT2D eigenvalue weighted by molar-refractivity contribution is -0.126. The summed E-state index contributed by atoms with van der Waals surface area (Å²) in [5, 5.41) is 3.10. The fourth-order valence-electron chi connectivity index (χ4n) is 2.94. The Morgan fingerprint density at radius 3 is 2.79 bits per heavy atom. The molecule has 1 aliphatic carbocycles. The molecule has 0 aliphatic heterocycles. The van der Waals surface area contributed by atoms with Crippen molar-refractivity contribution in [1.82, 2.24) is 10.2 Å². The molecule has 1 aliphatic rings. The number of nitrogens with two attached hydrogens (primary N) is 1. The zero-order valence-electron chi connectivity index (χ0n) is 12.7. The largest absolute Gasteiger partial charge is 0.356 e. The molecular formula is C15H31N3O. The van der Waals surface area contributed by atoms with Crippen LogP contribution in [0.15, 0.2) is 0 Å². The van der Waals surface area contributed by atoms with Gasteiger partial charge in [0.25, 0.3) is 0 Å². The van der Waals surface area contributed by atoms with Gasteiger partial charge in [0.2, 0.25) is 5.91 Å². The average molecular weight is 269 g/mol. The van der Waals surface area contributed by atoms with E-state index >= 15 is 0 Å². The van der Waals surface area contributed by atoms with E-state index in [2.05, 4.69) is 24.3 Å². The lowest BCUT2D eigenvalue weighted by Gasteiger charge is -2.28. The van der Waals surface area contributed by atoms with Gasteiger partial charge in [0, 0.05) is 12.5 Å². The maximum absolute atomic E-state index is 12.1. The van der Waals surface area contributed by atoms with Crippen molar-refractivity contribution >= 4 is 5.91 Å². The van der Waals surface area contributed by atoms with E-state index in [1.165, 1.54) is 12.8 Å². The summed E-state index contributed by atoms with van der Waals surface area (Å²) in [6, 6.07) is 0. The number of hydrogen-bond acceptors (Lipinski definition) is 3. The van der Waals surface area contributed by atoms with E-state index in [4.69, 9.17) is 5.73 Å². The van der Waals surface area contributed by atoms with Crippen molar-refractivity contribution < 1.29 is 4.79 Å². The predicted octanol–water partition coefficient (Wildman–Crippen LogP) is 1.60. The highest BCUT2D eigenvalue weighted by Gasteiger charge is 2.26. The maximum Gasteiger partial charge on any atom is 0.223 e. The molecule has 1 saturated carbocycles. The summed E-state index contributed by atoms with van der Waals surface area (Å²) in [5.41, 5.74) is 5.61. The quantitative estimate of drug-likeness (QED) is 0.658. The summed E-state index contributed by atoms with van der Waals surface area (Å²) < 4.78 is 0. The Morgan fingerprint density at radius 1 is 1.32 bits per heavy atom. The van der Waals surface area contributed by atoms with Gasteiger partial charge < -0.3 is 16.0 Å². The van der Waals surface area contributed by atoms with Crippen molar-refractivity contribution in [3.63, 3.8) is 0 Å². The third kappa shape index (κ3) is 6.92. The topological polar surface area (TPSA) is 58.4 Å². The Labute approximate surface area is 118 Å². The first-order valence-corrected chi connectivity index (χ1v) is 7.76. The molecule has 4 nitrogen and oxygen atoms in total. The zero-order chi connectivity index (χ0) is 14.1. The first-order chi connectivity index (χ1) is 9.13. The molecule has 0 saturated heterocycles. The molecule has 19 heavy (non-hydrogen) atoms. The Balaban J connectivity index is 2.14. The number of hydrogen-bond donors (Lipinski definition) is 2. The Bertz CT molecular complexity index is 254. The number of carbonyl (C=O) groups is 1. The minimum Gasteiger partial charge on any atom is -0.356 e. The molecule has 1 fully saturated rings. The van der Waals surface area contributed by atoms with Crippen LogP contribution in [-0.4, -0.2) is 44.5 Å². The fourth-order valence-corrected chi connectivity index (χ4v) is 2.94. The monoisotopic (exact) mass is 269 g/mol. The van der Waals surface area contributed by atoms with Gasteiger partial charge in [-0.1, -0.05) is 12.8 Å². The molecule has 0 aromatic carbocycles. The van der Waals surface area contributed by atoms with Gasteiger partial charge in [-0.05, 0) is 65.2 Å². The molecule has 0 heterocycles. The van der Waals surface area contributed by atoms with Crippen molar-refractivity contribution in [2.45, 2.75) is 44.9 Å². The molecule has 1 amide bonds. The van der Waals surface area contributed by atoms with E-state index in [0.29, 0.717) is 5.92 Å². The second kappa shape index (κ2) is 9.32. The van der Waals surface area contributed by atoms with Crippen LogP contribution in [0.1, 0.15) is 44.9 Å². The second-order valence-corrected chi connectivity index (χ2v) is 6.11. The second-order valence-electron chi connectivity index (χ2n) is 6.11. The van der Waals surface area contributed by atoms with E-state index in [1.54, 1.807) is 0 Å². The van der Waals surface area contributed by atoms with E-state index in [1.807, 2.05) is 0 Å². The molecule has 0 radical (unpaired) electrons. The van der Waals surface area contributed by atoms with Crippen LogP contribution < -0.4 is 11.1 Å². The summed E-state index contributed by atoms with van der Waals surface area (Å²) in [5.74, 6) is 1.17. The molecule has 0 bridgehead atoms. The first-order valence-electron chi connectivity index (χ1n) is 7.76. The smallest absolute Gasteiger partial charge is 0.223 e. The van der Waals surface area contributed by atoms with Crippen molar-refractivity contribution in [1.29, 1.82) is 0 Å². The lowest BCUT2D eigenvalue weighted by Crippen LogP contribution is -2.34. The highest BCUT2D eigenvalue weighted by atomic mass is 16.1. The van der Waals surface area contributed by atoms with Crippen molar-refractivity contribution in [2.75, 3.05) is 33.7 Å². The molecule has 3 N–H and O–H groups in total. The van der Waals surface area contributed by atoms with Gasteiger partial charge in [0.15, 0.2) is 0 Å². The van der Waals surface area contributed by atoms with Crippen LogP contribution in [0, 0.1) is 11.8 Å². The molecule has 2 unspecified atom stereocenters. The van der Waals surface area contributed by atoms with E-state index in [9.17, 15) is 4.79 Å². The van der Waals surface area contributed by atoms with Crippen LogP contribution in [0.2, 0.25) is 0 Å². The molecule has 0 aromatic rings. The maximum atomic E-state index is 12.1. The number of carbonyl (C=O) groups excluding carboxylic acids is 1. The Morgan fingerprint density at radius 2 is 2.11 bits per heavy atom. The van der Waals surface area contributed by atoms with Gasteiger partial charge >= 0.3 is 0 Å². The highest BCUT2D eigenvalue weighted by Crippen LogP contribution is 2.30. The molecule has 1 rings (SSSR count). The third-order valence-electron chi connectivity index (χ3n) is 4.06. The minimum atomic E-state index is 0.235. The lowest BCUT2D eigenvalue weighted by atomic mass is 9.79. The third-order valence-corrected chi connectivity index (χ3v) is 4.06. The average Bonchev–Trinajstić information content (AvgIpc) is 2.38. The number of rotatable bonds is 8. The fraction of sp³-hybridized carbons (Fsp3) is 0.933. The van der Waals surface area contributed by atoms with Gasteiger partial charge in [-0.25, -0.2) is 0 Å². The van der Waals surface area contributed by atoms with E-state index in [0.717, 1.165) is 51.7 Å². The summed E-state index contributed by atoms with van der Waals surface area (Å²) in [7, 11) is 4.16. The molecule has 2 atom stereocenters. The molecule has 4 heteroatoms. The zero-order valence-corrected chi connectivity index (χ0v) is 12.7. The summed E-state index contributed by atoms with van der Waals surface area (Å²) in [4.78, 5) is 14.3. The van der Waals surface area contributed by atoms with Crippen molar-refractivity contribution in [3.05, 3.63) is 0 Å². The predicted molar refractivity (Wildman–Crippen MR) is 79.9 cm³/mol. The van der Waals surface area contributed by atoms with Gasteiger partial charge in [-0.3, -0.25) is 4.79 Å². The Hall–Kier alpha value is -0.610. The van der Waals surface area contributed by atoms with Crippen LogP contribution in [0.25, 0.3) is 0 Å². The van der Waals surface area contributed by atoms with E-state index < -0.39 is 0 Å². The molecular weight excluding hydrogens is 238 g/mol. The number of amides is 1. The van der Waals surface area contributed by atoms with Crippen molar-refractivity contribution in [2.24, 2.45) is 17.6 Å². The van der Waals surface area contributed by atoms with Gasteiger partial charge in [-0.15, -0.1) is 0 Å². The Kier molecular flexibility index (Phi) is 8.07. The van der Waals surface area contributed by atoms with Gasteiger partial charge in [0.1, 0.15) is 0 Å². The van der Waals surface area contributed by atoms with Crippen LogP contribution in [0.3, 0.4) is 0 Å². The molecule has 112 valence electrons. The van der Waals surface area contributed by atoms with E-state index in [-0.39, 0.29) is 11.8 Å². The number of unbranched alkanes of at least 4 members (excludes halogenated alkanes) is 1. The van der Waals surface area contributed by atoms with Crippen LogP contribution in [0.5, 0.6) is 0 Å². The minimum absolute atomic E-state index is 0.235. The standard InChI is InChI=1S/C15H31N3O/c1-18(2)11-4-3-10-17-15(19)14-7-5-6-13(12-14)8-9-16/h13-14H,3-12,16H2,1-2H3,(H,17,19). The van der Waals surface area contributed by atoms with Crippen LogP contribution in [-0.2, 0) is 4.79 Å². The van der Waals surface area contributed by atoms with Gasteiger partial charge in [0.05, 0.1) is 0 Å². The first kappa shape index (κ1) is 16.4. The SMILES string of the molecule is CN(C)CCCCNC(=O)C1CCCC(CCN)C1. The summed E-state index contributed by atoms with van der Waals surface area (Å²) in [6.07, 6.45) is 7.84. The highest BCUT2D eigenvalue weighted by molar-refractivity contribution is 5.78. The molecule has 0 spiro atoms. The van der Waals surface area contributed by atoms with Gasteiger partial charge in [-0.2, -0.15) is 0 Å². The normalized spacial score (nSPS) is 23.6. The summed E-state index contributed by atoms with van der Waals surface area (Å²) in [6.45, 7) is 2.67. The molecule has 0 aromatic heterocycles. The number of nitrogens with zero attached hydrogens (tertiary/aromatic N) is 1. The van der Waals surface area contributed by atoms with Crippen LogP contribution >= 0.6 is 0 Å². The number of nitrogens with one attached hydrogen (secondary N) is 1.